The lowest BCUT2D eigenvalue weighted by atomic mass is 10.1. The minimum Gasteiger partial charge on any atom is -0.490 e. The fourth-order valence-corrected chi connectivity index (χ4v) is 1.45. The molecule has 1 rings (SSSR count). The highest BCUT2D eigenvalue weighted by Gasteiger charge is 2.06. The van der Waals surface area contributed by atoms with Crippen LogP contribution in [-0.4, -0.2) is 29.8 Å². The molecule has 1 aromatic rings. The second kappa shape index (κ2) is 7.90. The second-order valence-electron chi connectivity index (χ2n) is 4.20. The summed E-state index contributed by atoms with van der Waals surface area (Å²) in [6, 6.07) is 3.79. The van der Waals surface area contributed by atoms with E-state index in [1.54, 1.807) is 6.20 Å². The molecule has 0 saturated heterocycles. The van der Waals surface area contributed by atoms with Gasteiger partial charge in [-0.1, -0.05) is 13.8 Å². The van der Waals surface area contributed by atoms with Crippen LogP contribution in [-0.2, 0) is 0 Å². The van der Waals surface area contributed by atoms with Crippen molar-refractivity contribution in [1.82, 2.24) is 4.98 Å². The van der Waals surface area contributed by atoms with Gasteiger partial charge in [0.15, 0.2) is 11.6 Å². The Morgan fingerprint density at radius 3 is 3.06 bits per heavy atom. The molecule has 0 amide bonds. The van der Waals surface area contributed by atoms with E-state index in [-0.39, 0.29) is 6.61 Å². The van der Waals surface area contributed by atoms with Crippen LogP contribution in [0.4, 0.5) is 5.82 Å². The van der Waals surface area contributed by atoms with E-state index in [2.05, 4.69) is 24.1 Å². The van der Waals surface area contributed by atoms with Gasteiger partial charge < -0.3 is 15.2 Å². The van der Waals surface area contributed by atoms with E-state index in [0.29, 0.717) is 12.5 Å². The summed E-state index contributed by atoms with van der Waals surface area (Å²) < 4.78 is 5.60. The molecular formula is C13H22N2O2. The van der Waals surface area contributed by atoms with Crippen molar-refractivity contribution in [3.05, 3.63) is 18.3 Å². The summed E-state index contributed by atoms with van der Waals surface area (Å²) in [6.07, 6.45) is 3.53. The van der Waals surface area contributed by atoms with E-state index in [1.165, 1.54) is 0 Å². The zero-order valence-corrected chi connectivity index (χ0v) is 10.6. The van der Waals surface area contributed by atoms with Crippen LogP contribution < -0.4 is 10.1 Å². The van der Waals surface area contributed by atoms with Gasteiger partial charge in [0.05, 0.1) is 6.61 Å². The van der Waals surface area contributed by atoms with Crippen molar-refractivity contribution in [3.63, 3.8) is 0 Å². The molecular weight excluding hydrogens is 216 g/mol. The topological polar surface area (TPSA) is 54.4 Å². The molecule has 96 valence electrons. The number of anilines is 1. The Labute approximate surface area is 103 Å². The zero-order chi connectivity index (χ0) is 12.5. The van der Waals surface area contributed by atoms with Gasteiger partial charge in [0, 0.05) is 19.3 Å². The fraction of sp³-hybridized carbons (Fsp3) is 0.615. The predicted molar refractivity (Wildman–Crippen MR) is 69.4 cm³/mol. The first-order valence-electron chi connectivity index (χ1n) is 6.20. The van der Waals surface area contributed by atoms with E-state index in [1.807, 2.05) is 12.1 Å². The van der Waals surface area contributed by atoms with Gasteiger partial charge in [-0.25, -0.2) is 4.98 Å². The molecule has 0 aliphatic heterocycles. The summed E-state index contributed by atoms with van der Waals surface area (Å²) in [4.78, 5) is 4.27. The smallest absolute Gasteiger partial charge is 0.168 e. The largest absolute Gasteiger partial charge is 0.490 e. The van der Waals surface area contributed by atoms with E-state index < -0.39 is 0 Å². The molecule has 17 heavy (non-hydrogen) atoms. The van der Waals surface area contributed by atoms with Crippen LogP contribution in [0, 0.1) is 5.92 Å². The second-order valence-corrected chi connectivity index (χ2v) is 4.20. The van der Waals surface area contributed by atoms with Crippen molar-refractivity contribution in [2.75, 3.05) is 25.1 Å². The van der Waals surface area contributed by atoms with Gasteiger partial charge >= 0.3 is 0 Å². The molecule has 4 nitrogen and oxygen atoms in total. The van der Waals surface area contributed by atoms with Crippen molar-refractivity contribution in [1.29, 1.82) is 0 Å². The van der Waals surface area contributed by atoms with Crippen molar-refractivity contribution < 1.29 is 9.84 Å². The molecule has 0 aliphatic rings. The van der Waals surface area contributed by atoms with Crippen molar-refractivity contribution >= 4 is 5.82 Å². The number of pyridine rings is 1. The number of hydrogen-bond acceptors (Lipinski definition) is 4. The molecule has 0 spiro atoms. The van der Waals surface area contributed by atoms with Crippen molar-refractivity contribution in [2.45, 2.75) is 26.7 Å². The Kier molecular flexibility index (Phi) is 6.40. The SMILES string of the molecule is CCCOc1cccnc1NCC(C)CCO. The molecule has 0 bridgehead atoms. The lowest BCUT2D eigenvalue weighted by Gasteiger charge is -2.14. The van der Waals surface area contributed by atoms with Gasteiger partial charge in [-0.2, -0.15) is 0 Å². The van der Waals surface area contributed by atoms with Crippen LogP contribution in [0.2, 0.25) is 0 Å². The first kappa shape index (κ1) is 13.8. The van der Waals surface area contributed by atoms with Crippen LogP contribution in [0.3, 0.4) is 0 Å². The number of rotatable bonds is 8. The third-order valence-electron chi connectivity index (χ3n) is 2.47. The highest BCUT2D eigenvalue weighted by molar-refractivity contribution is 5.49. The van der Waals surface area contributed by atoms with Crippen molar-refractivity contribution in [3.8, 4) is 5.75 Å². The van der Waals surface area contributed by atoms with E-state index in [9.17, 15) is 0 Å². The number of ether oxygens (including phenoxy) is 1. The quantitative estimate of drug-likeness (QED) is 0.729. The number of aromatic nitrogens is 1. The molecule has 2 N–H and O–H groups in total. The Balaban J connectivity index is 2.51. The summed E-state index contributed by atoms with van der Waals surface area (Å²) in [6.45, 7) is 5.89. The van der Waals surface area contributed by atoms with Gasteiger partial charge in [-0.05, 0) is 30.9 Å². The molecule has 0 radical (unpaired) electrons. The van der Waals surface area contributed by atoms with Crippen LogP contribution in [0.5, 0.6) is 5.75 Å². The number of nitrogens with one attached hydrogen (secondary N) is 1. The average Bonchev–Trinajstić information content (AvgIpc) is 2.35. The highest BCUT2D eigenvalue weighted by atomic mass is 16.5. The van der Waals surface area contributed by atoms with Gasteiger partial charge in [0.1, 0.15) is 0 Å². The highest BCUT2D eigenvalue weighted by Crippen LogP contribution is 2.21. The molecule has 1 atom stereocenters. The number of nitrogens with zero attached hydrogens (tertiary/aromatic N) is 1. The van der Waals surface area contributed by atoms with Crippen LogP contribution >= 0.6 is 0 Å². The summed E-state index contributed by atoms with van der Waals surface area (Å²) in [5, 5.41) is 12.1. The first-order chi connectivity index (χ1) is 8.27. The van der Waals surface area contributed by atoms with E-state index in [4.69, 9.17) is 9.84 Å². The summed E-state index contributed by atoms with van der Waals surface area (Å²) in [5.74, 6) is 2.00. The molecule has 0 aromatic carbocycles. The molecule has 1 heterocycles. The lowest BCUT2D eigenvalue weighted by molar-refractivity contribution is 0.265. The fourth-order valence-electron chi connectivity index (χ4n) is 1.45. The molecule has 0 saturated carbocycles. The Hall–Kier alpha value is -1.29. The minimum absolute atomic E-state index is 0.226. The van der Waals surface area contributed by atoms with Crippen molar-refractivity contribution in [2.24, 2.45) is 5.92 Å². The van der Waals surface area contributed by atoms with Crippen LogP contribution in [0.25, 0.3) is 0 Å². The van der Waals surface area contributed by atoms with Crippen LogP contribution in [0.15, 0.2) is 18.3 Å². The number of aliphatic hydroxyl groups excluding tert-OH is 1. The Bertz CT molecular complexity index is 318. The molecule has 0 aliphatic carbocycles. The maximum absolute atomic E-state index is 8.84. The molecule has 1 aromatic heterocycles. The summed E-state index contributed by atoms with van der Waals surface area (Å²) in [5.41, 5.74) is 0. The minimum atomic E-state index is 0.226. The number of aliphatic hydroxyl groups is 1. The Morgan fingerprint density at radius 2 is 2.35 bits per heavy atom. The third kappa shape index (κ3) is 5.04. The van der Waals surface area contributed by atoms with Gasteiger partial charge in [-0.3, -0.25) is 0 Å². The van der Waals surface area contributed by atoms with E-state index in [0.717, 1.165) is 31.0 Å². The molecule has 0 fully saturated rings. The average molecular weight is 238 g/mol. The van der Waals surface area contributed by atoms with E-state index >= 15 is 0 Å². The van der Waals surface area contributed by atoms with Gasteiger partial charge in [0.25, 0.3) is 0 Å². The summed E-state index contributed by atoms with van der Waals surface area (Å²) in [7, 11) is 0. The maximum atomic E-state index is 8.84. The maximum Gasteiger partial charge on any atom is 0.168 e. The zero-order valence-electron chi connectivity index (χ0n) is 10.6. The predicted octanol–water partition coefficient (Wildman–Crippen LogP) is 2.30. The Morgan fingerprint density at radius 1 is 1.53 bits per heavy atom. The first-order valence-corrected chi connectivity index (χ1v) is 6.20. The molecule has 4 heteroatoms. The third-order valence-corrected chi connectivity index (χ3v) is 2.47. The summed E-state index contributed by atoms with van der Waals surface area (Å²) >= 11 is 0. The van der Waals surface area contributed by atoms with Gasteiger partial charge in [-0.15, -0.1) is 0 Å². The molecule has 1 unspecified atom stereocenters. The monoisotopic (exact) mass is 238 g/mol. The number of hydrogen-bond donors (Lipinski definition) is 2. The normalized spacial score (nSPS) is 12.2. The van der Waals surface area contributed by atoms with Crippen LogP contribution in [0.1, 0.15) is 26.7 Å². The lowest BCUT2D eigenvalue weighted by Crippen LogP contribution is -2.14. The van der Waals surface area contributed by atoms with Gasteiger partial charge in [0.2, 0.25) is 0 Å². The standard InChI is InChI=1S/C13H22N2O2/c1-3-9-17-12-5-4-7-14-13(12)15-10-11(2)6-8-16/h4-5,7,11,16H,3,6,8-10H2,1-2H3,(H,14,15).